The van der Waals surface area contributed by atoms with E-state index in [-0.39, 0.29) is 0 Å². The lowest BCUT2D eigenvalue weighted by atomic mass is 9.98. The summed E-state index contributed by atoms with van der Waals surface area (Å²) in [5.74, 6) is 1.61. The third-order valence-electron chi connectivity index (χ3n) is 4.59. The van der Waals surface area contributed by atoms with Gasteiger partial charge in [0, 0.05) is 27.5 Å². The zero-order valence-electron chi connectivity index (χ0n) is 11.4. The van der Waals surface area contributed by atoms with Gasteiger partial charge in [0.2, 0.25) is 0 Å². The highest BCUT2D eigenvalue weighted by molar-refractivity contribution is 7.19. The number of hydrogen-bond acceptors (Lipinski definition) is 2. The van der Waals surface area contributed by atoms with Gasteiger partial charge in [-0.1, -0.05) is 43.6 Å². The first-order valence-corrected chi connectivity index (χ1v) is 8.25. The van der Waals surface area contributed by atoms with E-state index in [2.05, 4.69) is 43.4 Å². The van der Waals surface area contributed by atoms with Crippen LogP contribution in [-0.2, 0) is 6.54 Å². The van der Waals surface area contributed by atoms with Crippen molar-refractivity contribution in [1.82, 2.24) is 5.32 Å². The third-order valence-corrected chi connectivity index (χ3v) is 6.31. The molecule has 1 aliphatic rings. The SMILES string of the molecule is CC1CCC(NCc2sc3ccccc3c2Cl)C1C. The Morgan fingerprint density at radius 3 is 2.74 bits per heavy atom. The van der Waals surface area contributed by atoms with Gasteiger partial charge in [-0.05, 0) is 30.7 Å². The van der Waals surface area contributed by atoms with Crippen molar-refractivity contribution in [2.45, 2.75) is 39.3 Å². The number of hydrogen-bond donors (Lipinski definition) is 1. The molecular formula is C16H20ClNS. The van der Waals surface area contributed by atoms with Gasteiger partial charge in [-0.2, -0.15) is 0 Å². The lowest BCUT2D eigenvalue weighted by molar-refractivity contribution is 0.370. The lowest BCUT2D eigenvalue weighted by Crippen LogP contribution is -2.31. The molecule has 0 bridgehead atoms. The minimum atomic E-state index is 0.649. The van der Waals surface area contributed by atoms with E-state index < -0.39 is 0 Å². The largest absolute Gasteiger partial charge is 0.309 e. The van der Waals surface area contributed by atoms with E-state index in [1.807, 2.05) is 11.3 Å². The molecule has 3 unspecified atom stereocenters. The predicted octanol–water partition coefficient (Wildman–Crippen LogP) is 5.08. The van der Waals surface area contributed by atoms with Gasteiger partial charge in [0.25, 0.3) is 0 Å². The molecule has 1 aromatic carbocycles. The van der Waals surface area contributed by atoms with Crippen LogP contribution in [0.5, 0.6) is 0 Å². The summed E-state index contributed by atoms with van der Waals surface area (Å²) in [6, 6.07) is 9.04. The second-order valence-corrected chi connectivity index (χ2v) is 7.25. The van der Waals surface area contributed by atoms with Crippen molar-refractivity contribution in [2.75, 3.05) is 0 Å². The predicted molar refractivity (Wildman–Crippen MR) is 85.0 cm³/mol. The van der Waals surface area contributed by atoms with Gasteiger partial charge in [0.15, 0.2) is 0 Å². The maximum atomic E-state index is 6.48. The van der Waals surface area contributed by atoms with Crippen LogP contribution in [0, 0.1) is 11.8 Å². The average molecular weight is 294 g/mol. The summed E-state index contributed by atoms with van der Waals surface area (Å²) in [7, 11) is 0. The molecule has 0 spiro atoms. The Bertz CT molecular complexity index is 577. The molecule has 1 nitrogen and oxygen atoms in total. The normalized spacial score (nSPS) is 27.2. The standard InChI is InChI=1S/C16H20ClNS/c1-10-7-8-13(11(10)2)18-9-15-16(17)12-5-3-4-6-14(12)19-15/h3-6,10-11,13,18H,7-9H2,1-2H3. The summed E-state index contributed by atoms with van der Waals surface area (Å²) in [4.78, 5) is 1.27. The second kappa shape index (κ2) is 5.43. The summed E-state index contributed by atoms with van der Waals surface area (Å²) in [5, 5.41) is 5.84. The van der Waals surface area contributed by atoms with Gasteiger partial charge in [-0.25, -0.2) is 0 Å². The fourth-order valence-corrected chi connectivity index (χ4v) is 4.51. The summed E-state index contributed by atoms with van der Waals surface area (Å²) in [5.41, 5.74) is 0. The van der Waals surface area contributed by atoms with E-state index in [0.29, 0.717) is 6.04 Å². The fourth-order valence-electron chi connectivity index (χ4n) is 3.05. The van der Waals surface area contributed by atoms with Gasteiger partial charge in [0.05, 0.1) is 5.02 Å². The molecule has 1 aliphatic carbocycles. The van der Waals surface area contributed by atoms with Crippen LogP contribution < -0.4 is 5.32 Å². The van der Waals surface area contributed by atoms with Gasteiger partial charge in [-0.3, -0.25) is 0 Å². The zero-order valence-corrected chi connectivity index (χ0v) is 13.0. The van der Waals surface area contributed by atoms with Crippen molar-refractivity contribution in [3.8, 4) is 0 Å². The number of thiophene rings is 1. The van der Waals surface area contributed by atoms with Crippen LogP contribution in [0.15, 0.2) is 24.3 Å². The van der Waals surface area contributed by atoms with Crippen LogP contribution in [0.25, 0.3) is 10.1 Å². The van der Waals surface area contributed by atoms with E-state index in [1.165, 1.54) is 27.8 Å². The summed E-state index contributed by atoms with van der Waals surface area (Å²) < 4.78 is 1.29. The lowest BCUT2D eigenvalue weighted by Gasteiger charge is -2.19. The maximum absolute atomic E-state index is 6.48. The molecule has 3 atom stereocenters. The van der Waals surface area contributed by atoms with E-state index >= 15 is 0 Å². The summed E-state index contributed by atoms with van der Waals surface area (Å²) in [6.07, 6.45) is 2.64. The van der Waals surface area contributed by atoms with Gasteiger partial charge in [-0.15, -0.1) is 11.3 Å². The van der Waals surface area contributed by atoms with Gasteiger partial charge in [0.1, 0.15) is 0 Å². The first-order valence-electron chi connectivity index (χ1n) is 7.06. The van der Waals surface area contributed by atoms with Gasteiger partial charge >= 0.3 is 0 Å². The molecule has 0 radical (unpaired) electrons. The first kappa shape index (κ1) is 13.4. The Hall–Kier alpha value is -0.570. The average Bonchev–Trinajstić information content (AvgIpc) is 2.91. The highest BCUT2D eigenvalue weighted by Crippen LogP contribution is 2.36. The molecule has 102 valence electrons. The molecule has 1 heterocycles. The van der Waals surface area contributed by atoms with Crippen molar-refractivity contribution in [3.05, 3.63) is 34.2 Å². The molecular weight excluding hydrogens is 274 g/mol. The van der Waals surface area contributed by atoms with Crippen LogP contribution in [0.4, 0.5) is 0 Å². The molecule has 1 saturated carbocycles. The topological polar surface area (TPSA) is 12.0 Å². The molecule has 0 saturated heterocycles. The first-order chi connectivity index (χ1) is 9.16. The van der Waals surface area contributed by atoms with Crippen molar-refractivity contribution >= 4 is 33.0 Å². The zero-order chi connectivity index (χ0) is 13.4. The Labute approximate surface area is 124 Å². The molecule has 1 fully saturated rings. The minimum absolute atomic E-state index is 0.649. The maximum Gasteiger partial charge on any atom is 0.0636 e. The Balaban J connectivity index is 1.74. The molecule has 19 heavy (non-hydrogen) atoms. The molecule has 2 aromatic rings. The number of halogens is 1. The molecule has 3 rings (SSSR count). The molecule has 1 aromatic heterocycles. The van der Waals surface area contributed by atoms with E-state index in [4.69, 9.17) is 11.6 Å². The molecule has 0 aliphatic heterocycles. The minimum Gasteiger partial charge on any atom is -0.309 e. The van der Waals surface area contributed by atoms with E-state index in [1.54, 1.807) is 0 Å². The third kappa shape index (κ3) is 2.54. The monoisotopic (exact) mass is 293 g/mol. The van der Waals surface area contributed by atoms with Crippen molar-refractivity contribution in [2.24, 2.45) is 11.8 Å². The van der Waals surface area contributed by atoms with Crippen molar-refractivity contribution in [3.63, 3.8) is 0 Å². The summed E-state index contributed by atoms with van der Waals surface area (Å²) >= 11 is 8.29. The van der Waals surface area contributed by atoms with Gasteiger partial charge < -0.3 is 5.32 Å². The number of fused-ring (bicyclic) bond motifs is 1. The Morgan fingerprint density at radius 1 is 1.26 bits per heavy atom. The second-order valence-electron chi connectivity index (χ2n) is 5.74. The number of nitrogens with one attached hydrogen (secondary N) is 1. The highest BCUT2D eigenvalue weighted by atomic mass is 35.5. The Morgan fingerprint density at radius 2 is 2.05 bits per heavy atom. The van der Waals surface area contributed by atoms with Crippen molar-refractivity contribution in [1.29, 1.82) is 0 Å². The fraction of sp³-hybridized carbons (Fsp3) is 0.500. The van der Waals surface area contributed by atoms with Crippen LogP contribution >= 0.6 is 22.9 Å². The molecule has 1 N–H and O–H groups in total. The highest BCUT2D eigenvalue weighted by Gasteiger charge is 2.29. The van der Waals surface area contributed by atoms with Crippen LogP contribution in [0.3, 0.4) is 0 Å². The van der Waals surface area contributed by atoms with E-state index in [0.717, 1.165) is 23.4 Å². The van der Waals surface area contributed by atoms with E-state index in [9.17, 15) is 0 Å². The molecule has 0 amide bonds. The Kier molecular flexibility index (Phi) is 3.84. The molecule has 3 heteroatoms. The smallest absolute Gasteiger partial charge is 0.0636 e. The van der Waals surface area contributed by atoms with Crippen LogP contribution in [0.1, 0.15) is 31.6 Å². The number of rotatable bonds is 3. The summed E-state index contributed by atoms with van der Waals surface area (Å²) in [6.45, 7) is 5.63. The van der Waals surface area contributed by atoms with Crippen LogP contribution in [0.2, 0.25) is 5.02 Å². The quantitative estimate of drug-likeness (QED) is 0.832. The number of benzene rings is 1. The van der Waals surface area contributed by atoms with Crippen LogP contribution in [-0.4, -0.2) is 6.04 Å². The van der Waals surface area contributed by atoms with Crippen molar-refractivity contribution < 1.29 is 0 Å².